The van der Waals surface area contributed by atoms with Crippen LogP contribution in [0.5, 0.6) is 0 Å². The molecule has 0 bridgehead atoms. The highest BCUT2D eigenvalue weighted by atomic mass is 19.1. The summed E-state index contributed by atoms with van der Waals surface area (Å²) < 4.78 is 20.1. The Morgan fingerprint density at radius 2 is 2.07 bits per heavy atom. The van der Waals surface area contributed by atoms with Gasteiger partial charge in [0.1, 0.15) is 12.4 Å². The van der Waals surface area contributed by atoms with Crippen LogP contribution in [0.25, 0.3) is 10.9 Å². The van der Waals surface area contributed by atoms with E-state index < -0.39 is 11.4 Å². The number of hydrogen-bond acceptors (Lipinski definition) is 5. The van der Waals surface area contributed by atoms with Crippen molar-refractivity contribution < 1.29 is 13.9 Å². The van der Waals surface area contributed by atoms with Gasteiger partial charge < -0.3 is 10.1 Å². The summed E-state index contributed by atoms with van der Waals surface area (Å²) in [6, 6.07) is 4.09. The summed E-state index contributed by atoms with van der Waals surface area (Å²) >= 11 is 0. The standard InChI is InChI=1S/C20H27FN4O3/c1-14(2)9-16(24-5-7-28-8-6-24)11-22-19(26)12-25-13-23-18-4-3-15(21)10-17(18)20(25)27/h3-4,10,13-14,16H,5-9,11-12H2,1-2H3,(H,22,26). The Labute approximate surface area is 163 Å². The van der Waals surface area contributed by atoms with Gasteiger partial charge in [-0.2, -0.15) is 0 Å². The van der Waals surface area contributed by atoms with E-state index in [0.29, 0.717) is 31.2 Å². The number of ether oxygens (including phenoxy) is 1. The number of carbonyl (C=O) groups excluding carboxylic acids is 1. The maximum absolute atomic E-state index is 13.4. The van der Waals surface area contributed by atoms with Crippen molar-refractivity contribution in [3.63, 3.8) is 0 Å². The van der Waals surface area contributed by atoms with Crippen molar-refractivity contribution in [2.45, 2.75) is 32.9 Å². The fourth-order valence-corrected chi connectivity index (χ4v) is 3.53. The lowest BCUT2D eigenvalue weighted by atomic mass is 10.0. The monoisotopic (exact) mass is 390 g/mol. The van der Waals surface area contributed by atoms with Crippen LogP contribution in [0.3, 0.4) is 0 Å². The number of amides is 1. The third kappa shape index (κ3) is 5.14. The van der Waals surface area contributed by atoms with E-state index in [-0.39, 0.29) is 23.9 Å². The van der Waals surface area contributed by atoms with Gasteiger partial charge in [-0.25, -0.2) is 9.37 Å². The maximum atomic E-state index is 13.4. The van der Waals surface area contributed by atoms with Crippen LogP contribution >= 0.6 is 0 Å². The molecule has 0 aliphatic carbocycles. The molecule has 152 valence electrons. The largest absolute Gasteiger partial charge is 0.379 e. The van der Waals surface area contributed by atoms with Crippen molar-refractivity contribution >= 4 is 16.8 Å². The molecule has 1 aliphatic rings. The molecule has 0 saturated carbocycles. The van der Waals surface area contributed by atoms with Gasteiger partial charge in [0.15, 0.2) is 0 Å². The molecule has 1 amide bonds. The van der Waals surface area contributed by atoms with Crippen molar-refractivity contribution in [2.75, 3.05) is 32.8 Å². The van der Waals surface area contributed by atoms with Crippen LogP contribution in [0, 0.1) is 11.7 Å². The van der Waals surface area contributed by atoms with Gasteiger partial charge in [-0.05, 0) is 30.5 Å². The van der Waals surface area contributed by atoms with Crippen molar-refractivity contribution in [1.82, 2.24) is 19.8 Å². The molecule has 3 rings (SSSR count). The Morgan fingerprint density at radius 1 is 1.32 bits per heavy atom. The lowest BCUT2D eigenvalue weighted by molar-refractivity contribution is -0.122. The highest BCUT2D eigenvalue weighted by Gasteiger charge is 2.22. The third-order valence-electron chi connectivity index (χ3n) is 4.94. The SMILES string of the molecule is CC(C)CC(CNC(=O)Cn1cnc2ccc(F)cc2c1=O)N1CCOCC1. The number of rotatable bonds is 7. The third-order valence-corrected chi connectivity index (χ3v) is 4.94. The normalized spacial score (nSPS) is 16.4. The molecule has 2 aromatic rings. The average molecular weight is 390 g/mol. The fraction of sp³-hybridized carbons (Fsp3) is 0.550. The molecule has 0 radical (unpaired) electrons. The predicted molar refractivity (Wildman–Crippen MR) is 105 cm³/mol. The van der Waals surface area contributed by atoms with Gasteiger partial charge in [0.2, 0.25) is 5.91 Å². The molecule has 28 heavy (non-hydrogen) atoms. The Bertz CT molecular complexity index is 877. The van der Waals surface area contributed by atoms with Gasteiger partial charge in [0.25, 0.3) is 5.56 Å². The zero-order chi connectivity index (χ0) is 20.1. The first-order chi connectivity index (χ1) is 13.4. The van der Waals surface area contributed by atoms with Crippen molar-refractivity contribution in [3.8, 4) is 0 Å². The molecule has 1 aromatic carbocycles. The van der Waals surface area contributed by atoms with Gasteiger partial charge in [-0.1, -0.05) is 13.8 Å². The maximum Gasteiger partial charge on any atom is 0.261 e. The number of aromatic nitrogens is 2. The highest BCUT2D eigenvalue weighted by Crippen LogP contribution is 2.13. The molecule has 1 aromatic heterocycles. The van der Waals surface area contributed by atoms with E-state index in [9.17, 15) is 14.0 Å². The van der Waals surface area contributed by atoms with Gasteiger partial charge in [0.05, 0.1) is 30.4 Å². The second-order valence-corrected chi connectivity index (χ2v) is 7.57. The smallest absolute Gasteiger partial charge is 0.261 e. The number of hydrogen-bond donors (Lipinski definition) is 1. The summed E-state index contributed by atoms with van der Waals surface area (Å²) in [4.78, 5) is 31.4. The summed E-state index contributed by atoms with van der Waals surface area (Å²) in [5.74, 6) is -0.260. The van der Waals surface area contributed by atoms with Crippen molar-refractivity contribution in [1.29, 1.82) is 0 Å². The topological polar surface area (TPSA) is 76.5 Å². The number of fused-ring (bicyclic) bond motifs is 1. The minimum absolute atomic E-state index is 0.143. The molecule has 8 heteroatoms. The number of nitrogens with zero attached hydrogens (tertiary/aromatic N) is 3. The minimum Gasteiger partial charge on any atom is -0.379 e. The number of carbonyl (C=O) groups is 1. The molecule has 7 nitrogen and oxygen atoms in total. The molecule has 1 aliphatic heterocycles. The summed E-state index contributed by atoms with van der Waals surface area (Å²) in [6.07, 6.45) is 2.30. The number of nitrogens with one attached hydrogen (secondary N) is 1. The van der Waals surface area contributed by atoms with Crippen LogP contribution in [-0.4, -0.2) is 59.2 Å². The minimum atomic E-state index is -0.504. The molecular formula is C20H27FN4O3. The van der Waals surface area contributed by atoms with Crippen molar-refractivity contribution in [3.05, 3.63) is 40.7 Å². The zero-order valence-corrected chi connectivity index (χ0v) is 16.4. The van der Waals surface area contributed by atoms with E-state index in [1.165, 1.54) is 23.0 Å². The fourth-order valence-electron chi connectivity index (χ4n) is 3.53. The van der Waals surface area contributed by atoms with Crippen LogP contribution in [0.4, 0.5) is 4.39 Å². The first-order valence-corrected chi connectivity index (χ1v) is 9.67. The molecule has 2 heterocycles. The second kappa shape index (κ2) is 9.25. The van der Waals surface area contributed by atoms with Gasteiger partial charge >= 0.3 is 0 Å². The zero-order valence-electron chi connectivity index (χ0n) is 16.4. The van der Waals surface area contributed by atoms with Gasteiger partial charge in [-0.15, -0.1) is 0 Å². The summed E-state index contributed by atoms with van der Waals surface area (Å²) in [5.41, 5.74) is -0.0149. The first-order valence-electron chi connectivity index (χ1n) is 9.67. The van der Waals surface area contributed by atoms with Crippen LogP contribution in [0.15, 0.2) is 29.3 Å². The number of halogens is 1. The molecular weight excluding hydrogens is 363 g/mol. The lowest BCUT2D eigenvalue weighted by Crippen LogP contribution is -2.49. The number of benzene rings is 1. The molecule has 1 N–H and O–H groups in total. The molecule has 1 saturated heterocycles. The van der Waals surface area contributed by atoms with Gasteiger partial charge in [0, 0.05) is 25.7 Å². The van der Waals surface area contributed by atoms with E-state index in [1.807, 2.05) is 0 Å². The Kier molecular flexibility index (Phi) is 6.74. The average Bonchev–Trinajstić information content (AvgIpc) is 2.68. The van der Waals surface area contributed by atoms with Crippen LogP contribution in [0.1, 0.15) is 20.3 Å². The predicted octanol–water partition coefficient (Wildman–Crippen LogP) is 1.40. The van der Waals surface area contributed by atoms with Crippen LogP contribution in [0.2, 0.25) is 0 Å². The molecule has 1 unspecified atom stereocenters. The molecule has 1 fully saturated rings. The summed E-state index contributed by atoms with van der Waals surface area (Å²) in [5, 5.41) is 3.11. The van der Waals surface area contributed by atoms with Gasteiger partial charge in [-0.3, -0.25) is 19.1 Å². The van der Waals surface area contributed by atoms with E-state index in [1.54, 1.807) is 0 Å². The van der Waals surface area contributed by atoms with E-state index in [4.69, 9.17) is 4.74 Å². The lowest BCUT2D eigenvalue weighted by Gasteiger charge is -2.35. The quantitative estimate of drug-likeness (QED) is 0.773. The first kappa shape index (κ1) is 20.4. The molecule has 0 spiro atoms. The Balaban J connectivity index is 1.64. The van der Waals surface area contributed by atoms with Crippen LogP contribution in [-0.2, 0) is 16.1 Å². The Morgan fingerprint density at radius 3 is 2.79 bits per heavy atom. The van der Waals surface area contributed by atoms with E-state index in [2.05, 4.69) is 29.0 Å². The number of morpholine rings is 1. The Hall–Kier alpha value is -2.32. The van der Waals surface area contributed by atoms with E-state index >= 15 is 0 Å². The van der Waals surface area contributed by atoms with Crippen molar-refractivity contribution in [2.24, 2.45) is 5.92 Å². The van der Waals surface area contributed by atoms with E-state index in [0.717, 1.165) is 25.6 Å². The summed E-state index contributed by atoms with van der Waals surface area (Å²) in [7, 11) is 0. The highest BCUT2D eigenvalue weighted by molar-refractivity contribution is 5.79. The van der Waals surface area contributed by atoms with Crippen LogP contribution < -0.4 is 10.9 Å². The molecule has 1 atom stereocenters. The summed E-state index contributed by atoms with van der Waals surface area (Å²) in [6.45, 7) is 7.81. The second-order valence-electron chi connectivity index (χ2n) is 7.57.